The number of hydrogen-bond donors (Lipinski definition) is 2. The van der Waals surface area contributed by atoms with Gasteiger partial charge >= 0.3 is 0 Å². The summed E-state index contributed by atoms with van der Waals surface area (Å²) in [5.41, 5.74) is 2.47. The lowest BCUT2D eigenvalue weighted by molar-refractivity contribution is -0.129. The molecule has 0 aliphatic heterocycles. The fourth-order valence-corrected chi connectivity index (χ4v) is 3.28. The van der Waals surface area contributed by atoms with Gasteiger partial charge in [-0.15, -0.1) is 11.3 Å². The molecule has 26 heavy (non-hydrogen) atoms. The Kier molecular flexibility index (Phi) is 8.11. The van der Waals surface area contributed by atoms with Crippen molar-refractivity contribution < 1.29 is 19.5 Å². The molecule has 0 aliphatic carbocycles. The van der Waals surface area contributed by atoms with Crippen molar-refractivity contribution >= 4 is 28.8 Å². The number of methoxy groups -OCH3 is 1. The van der Waals surface area contributed by atoms with E-state index in [-0.39, 0.29) is 11.8 Å². The minimum atomic E-state index is -0.363. The molecule has 7 heteroatoms. The van der Waals surface area contributed by atoms with Crippen molar-refractivity contribution in [3.8, 4) is 5.75 Å². The number of ether oxygens (including phenoxy) is 1. The minimum absolute atomic E-state index is 0.00942. The molecule has 1 aromatic heterocycles. The van der Waals surface area contributed by atoms with Gasteiger partial charge in [0.25, 0.3) is 5.91 Å². The number of benzene rings is 1. The smallest absolute Gasteiger partial charge is 0.268 e. The molecule has 2 N–H and O–H groups in total. The first kappa shape index (κ1) is 19.9. The van der Waals surface area contributed by atoms with Crippen LogP contribution in [-0.2, 0) is 4.79 Å². The van der Waals surface area contributed by atoms with Crippen LogP contribution >= 0.6 is 11.3 Å². The molecule has 140 valence electrons. The molecule has 0 fully saturated rings. The fraction of sp³-hybridized carbons (Fsp3) is 0.368. The summed E-state index contributed by atoms with van der Waals surface area (Å²) in [6.07, 6.45) is 3.64. The molecular weight excluding hydrogens is 352 g/mol. The normalized spacial score (nSPS) is 10.4. The van der Waals surface area contributed by atoms with Gasteiger partial charge < -0.3 is 9.64 Å². The molecule has 0 radical (unpaired) electrons. The molecule has 0 atom stereocenters. The summed E-state index contributed by atoms with van der Waals surface area (Å²) in [5.74, 6) is 0.377. The van der Waals surface area contributed by atoms with Crippen LogP contribution in [0.15, 0.2) is 41.8 Å². The number of carbonyl (C=O) groups excluding carboxylic acids is 2. The SMILES string of the molecule is COc1ccc(N(CCCCCCC(=O)NO)C(=O)c2cccs2)cc1. The van der Waals surface area contributed by atoms with Gasteiger partial charge in [-0.25, -0.2) is 5.48 Å². The van der Waals surface area contributed by atoms with E-state index in [2.05, 4.69) is 0 Å². The molecule has 0 unspecified atom stereocenters. The van der Waals surface area contributed by atoms with Crippen molar-refractivity contribution in [2.75, 3.05) is 18.6 Å². The first-order valence-electron chi connectivity index (χ1n) is 8.58. The predicted octanol–water partition coefficient (Wildman–Crippen LogP) is 3.86. The van der Waals surface area contributed by atoms with Gasteiger partial charge in [0, 0.05) is 18.7 Å². The third-order valence-corrected chi connectivity index (χ3v) is 4.88. The standard InChI is InChI=1S/C19H24N2O4S/c1-25-16-11-9-15(10-12-16)21(19(23)17-7-6-14-26-17)13-5-3-2-4-8-18(22)20-24/h6-7,9-12,14,24H,2-5,8,13H2,1H3,(H,20,22). The topological polar surface area (TPSA) is 78.9 Å². The van der Waals surface area contributed by atoms with Gasteiger partial charge in [0.2, 0.25) is 5.91 Å². The summed E-state index contributed by atoms with van der Waals surface area (Å²) in [5, 5.41) is 10.4. The zero-order chi connectivity index (χ0) is 18.8. The van der Waals surface area contributed by atoms with Gasteiger partial charge in [-0.2, -0.15) is 0 Å². The van der Waals surface area contributed by atoms with E-state index in [9.17, 15) is 9.59 Å². The summed E-state index contributed by atoms with van der Waals surface area (Å²) >= 11 is 1.43. The second kappa shape index (κ2) is 10.6. The van der Waals surface area contributed by atoms with Gasteiger partial charge in [0.1, 0.15) is 5.75 Å². The van der Waals surface area contributed by atoms with Crippen LogP contribution in [0.25, 0.3) is 0 Å². The number of anilines is 1. The van der Waals surface area contributed by atoms with E-state index in [0.717, 1.165) is 30.7 Å². The molecule has 1 aromatic carbocycles. The highest BCUT2D eigenvalue weighted by molar-refractivity contribution is 7.12. The highest BCUT2D eigenvalue weighted by Crippen LogP contribution is 2.23. The monoisotopic (exact) mass is 376 g/mol. The zero-order valence-electron chi connectivity index (χ0n) is 14.8. The van der Waals surface area contributed by atoms with E-state index in [0.29, 0.717) is 24.3 Å². The van der Waals surface area contributed by atoms with E-state index in [1.807, 2.05) is 41.8 Å². The van der Waals surface area contributed by atoms with Gasteiger partial charge in [-0.3, -0.25) is 14.8 Å². The average Bonchev–Trinajstić information content (AvgIpc) is 3.21. The minimum Gasteiger partial charge on any atom is -0.497 e. The van der Waals surface area contributed by atoms with Crippen molar-refractivity contribution in [1.29, 1.82) is 0 Å². The molecule has 2 amide bonds. The maximum atomic E-state index is 12.8. The average molecular weight is 376 g/mol. The lowest BCUT2D eigenvalue weighted by atomic mass is 10.1. The Morgan fingerprint density at radius 1 is 1.12 bits per heavy atom. The van der Waals surface area contributed by atoms with Crippen molar-refractivity contribution in [2.45, 2.75) is 32.1 Å². The maximum absolute atomic E-state index is 12.8. The lowest BCUT2D eigenvalue weighted by Crippen LogP contribution is -2.31. The second-order valence-corrected chi connectivity index (χ2v) is 6.78. The Balaban J connectivity index is 1.95. The van der Waals surface area contributed by atoms with Gasteiger partial charge in [-0.1, -0.05) is 18.9 Å². The summed E-state index contributed by atoms with van der Waals surface area (Å²) in [7, 11) is 1.61. The highest BCUT2D eigenvalue weighted by atomic mass is 32.1. The molecule has 1 heterocycles. The number of unbranched alkanes of at least 4 members (excludes halogenated alkanes) is 3. The van der Waals surface area contributed by atoms with Crippen LogP contribution < -0.4 is 15.1 Å². The van der Waals surface area contributed by atoms with Crippen molar-refractivity contribution in [3.05, 3.63) is 46.7 Å². The Morgan fingerprint density at radius 3 is 2.46 bits per heavy atom. The fourth-order valence-electron chi connectivity index (χ4n) is 2.61. The summed E-state index contributed by atoms with van der Waals surface area (Å²) in [6.45, 7) is 0.606. The van der Waals surface area contributed by atoms with Crippen molar-refractivity contribution in [2.24, 2.45) is 0 Å². The molecule has 0 bridgehead atoms. The van der Waals surface area contributed by atoms with E-state index in [4.69, 9.17) is 9.94 Å². The summed E-state index contributed by atoms with van der Waals surface area (Å²) < 4.78 is 5.18. The summed E-state index contributed by atoms with van der Waals surface area (Å²) in [4.78, 5) is 26.3. The molecule has 2 rings (SSSR count). The van der Waals surface area contributed by atoms with Crippen LogP contribution in [-0.4, -0.2) is 30.7 Å². The molecule has 0 saturated heterocycles. The number of hydrogen-bond acceptors (Lipinski definition) is 5. The molecule has 0 spiro atoms. The largest absolute Gasteiger partial charge is 0.497 e. The number of nitrogens with zero attached hydrogens (tertiary/aromatic N) is 1. The first-order chi connectivity index (χ1) is 12.7. The maximum Gasteiger partial charge on any atom is 0.268 e. The number of thiophene rings is 1. The van der Waals surface area contributed by atoms with Gasteiger partial charge in [0.05, 0.1) is 12.0 Å². The molecule has 6 nitrogen and oxygen atoms in total. The number of nitrogens with one attached hydrogen (secondary N) is 1. The number of carbonyl (C=O) groups is 2. The van der Waals surface area contributed by atoms with Crippen LogP contribution in [0.1, 0.15) is 41.8 Å². The Bertz CT molecular complexity index is 686. The van der Waals surface area contributed by atoms with E-state index < -0.39 is 0 Å². The van der Waals surface area contributed by atoms with Crippen LogP contribution in [0.5, 0.6) is 5.75 Å². The van der Waals surface area contributed by atoms with Crippen LogP contribution in [0.4, 0.5) is 5.69 Å². The van der Waals surface area contributed by atoms with Crippen molar-refractivity contribution in [1.82, 2.24) is 5.48 Å². The Labute approximate surface area is 157 Å². The third-order valence-electron chi connectivity index (χ3n) is 4.02. The Morgan fingerprint density at radius 2 is 1.85 bits per heavy atom. The molecule has 0 saturated carbocycles. The number of amides is 2. The molecule has 0 aliphatic rings. The quantitative estimate of drug-likeness (QED) is 0.375. The predicted molar refractivity (Wildman–Crippen MR) is 102 cm³/mol. The lowest BCUT2D eigenvalue weighted by Gasteiger charge is -2.22. The molecule has 2 aromatic rings. The first-order valence-corrected chi connectivity index (χ1v) is 9.46. The highest BCUT2D eigenvalue weighted by Gasteiger charge is 2.18. The van der Waals surface area contributed by atoms with E-state index >= 15 is 0 Å². The number of hydroxylamine groups is 1. The van der Waals surface area contributed by atoms with Crippen LogP contribution in [0.3, 0.4) is 0 Å². The van der Waals surface area contributed by atoms with Crippen molar-refractivity contribution in [3.63, 3.8) is 0 Å². The molecular formula is C19H24N2O4S. The van der Waals surface area contributed by atoms with Crippen LogP contribution in [0, 0.1) is 0 Å². The van der Waals surface area contributed by atoms with Crippen LogP contribution in [0.2, 0.25) is 0 Å². The zero-order valence-corrected chi connectivity index (χ0v) is 15.6. The Hall–Kier alpha value is -2.38. The summed E-state index contributed by atoms with van der Waals surface area (Å²) in [6, 6.07) is 11.2. The number of rotatable bonds is 10. The third kappa shape index (κ3) is 5.86. The van der Waals surface area contributed by atoms with Gasteiger partial charge in [-0.05, 0) is 48.6 Å². The van der Waals surface area contributed by atoms with E-state index in [1.54, 1.807) is 17.5 Å². The van der Waals surface area contributed by atoms with E-state index in [1.165, 1.54) is 11.3 Å². The van der Waals surface area contributed by atoms with Gasteiger partial charge in [0.15, 0.2) is 0 Å². The second-order valence-electron chi connectivity index (χ2n) is 5.83.